The Labute approximate surface area is 203 Å². The second-order valence-electron chi connectivity index (χ2n) is 8.95. The summed E-state index contributed by atoms with van der Waals surface area (Å²) in [7, 11) is 0. The minimum atomic E-state index is -0.694. The van der Waals surface area contributed by atoms with Crippen LogP contribution < -0.4 is 26.8 Å². The molecule has 1 unspecified atom stereocenters. The van der Waals surface area contributed by atoms with Gasteiger partial charge in [0.05, 0.1) is 5.92 Å². The smallest absolute Gasteiger partial charge is 0.330 e. The molecule has 0 radical (unpaired) electrons. The highest BCUT2D eigenvalue weighted by atomic mass is 32.2. The van der Waals surface area contributed by atoms with E-state index in [4.69, 9.17) is 5.73 Å². The van der Waals surface area contributed by atoms with Crippen molar-refractivity contribution < 1.29 is 9.59 Å². The van der Waals surface area contributed by atoms with Crippen LogP contribution in [0.25, 0.3) is 0 Å². The SMILES string of the molecule is CCCCN(C(=O)C1CC(=O)N(c2cccc(SC)c2)C1)c1c(N)n(CC(C)C)c(=O)[nH]c1=O. The number of rotatable bonds is 9. The van der Waals surface area contributed by atoms with E-state index in [1.165, 1.54) is 9.47 Å². The second-order valence-corrected chi connectivity index (χ2v) is 9.83. The van der Waals surface area contributed by atoms with Crippen molar-refractivity contribution in [1.29, 1.82) is 0 Å². The van der Waals surface area contributed by atoms with Crippen LogP contribution in [0.3, 0.4) is 0 Å². The zero-order valence-corrected chi connectivity index (χ0v) is 21.0. The summed E-state index contributed by atoms with van der Waals surface area (Å²) in [5.74, 6) is -1.01. The normalized spacial score (nSPS) is 15.9. The maximum absolute atomic E-state index is 13.7. The maximum Gasteiger partial charge on any atom is 0.330 e. The van der Waals surface area contributed by atoms with Crippen molar-refractivity contribution in [2.45, 2.75) is 51.5 Å². The third kappa shape index (κ3) is 5.38. The van der Waals surface area contributed by atoms with Gasteiger partial charge in [-0.15, -0.1) is 11.8 Å². The first-order chi connectivity index (χ1) is 16.2. The van der Waals surface area contributed by atoms with E-state index in [9.17, 15) is 19.2 Å². The van der Waals surface area contributed by atoms with Gasteiger partial charge in [0, 0.05) is 36.6 Å². The van der Waals surface area contributed by atoms with Gasteiger partial charge >= 0.3 is 5.69 Å². The van der Waals surface area contributed by atoms with Crippen LogP contribution in [0, 0.1) is 11.8 Å². The molecule has 2 amide bonds. The predicted molar refractivity (Wildman–Crippen MR) is 137 cm³/mol. The number of nitrogens with two attached hydrogens (primary N) is 1. The Morgan fingerprint density at radius 1 is 1.29 bits per heavy atom. The van der Waals surface area contributed by atoms with Gasteiger partial charge in [0.25, 0.3) is 5.56 Å². The average molecular weight is 488 g/mol. The first kappa shape index (κ1) is 25.6. The lowest BCUT2D eigenvalue weighted by molar-refractivity contribution is -0.124. The van der Waals surface area contributed by atoms with Crippen molar-refractivity contribution in [2.24, 2.45) is 11.8 Å². The Bertz CT molecular complexity index is 1170. The summed E-state index contributed by atoms with van der Waals surface area (Å²) >= 11 is 1.58. The molecule has 0 spiro atoms. The van der Waals surface area contributed by atoms with E-state index in [1.807, 2.05) is 51.3 Å². The fourth-order valence-corrected chi connectivity index (χ4v) is 4.61. The van der Waals surface area contributed by atoms with Crippen molar-refractivity contribution in [3.05, 3.63) is 45.1 Å². The first-order valence-corrected chi connectivity index (χ1v) is 12.8. The molecule has 34 heavy (non-hydrogen) atoms. The molecule has 3 N–H and O–H groups in total. The summed E-state index contributed by atoms with van der Waals surface area (Å²) in [4.78, 5) is 58.0. The topological polar surface area (TPSA) is 121 Å². The number of nitrogens with one attached hydrogen (secondary N) is 1. The van der Waals surface area contributed by atoms with Crippen LogP contribution in [0.5, 0.6) is 0 Å². The van der Waals surface area contributed by atoms with Gasteiger partial charge < -0.3 is 15.5 Å². The van der Waals surface area contributed by atoms with E-state index in [0.717, 1.165) is 17.0 Å². The van der Waals surface area contributed by atoms with E-state index in [0.29, 0.717) is 13.0 Å². The number of H-pyrrole nitrogens is 1. The maximum atomic E-state index is 13.7. The molecular weight excluding hydrogens is 454 g/mol. The molecule has 0 aliphatic carbocycles. The summed E-state index contributed by atoms with van der Waals surface area (Å²) in [6, 6.07) is 7.62. The first-order valence-electron chi connectivity index (χ1n) is 11.6. The molecule has 9 nitrogen and oxygen atoms in total. The van der Waals surface area contributed by atoms with E-state index in [1.54, 1.807) is 16.7 Å². The van der Waals surface area contributed by atoms with Gasteiger partial charge in [0.1, 0.15) is 5.82 Å². The molecule has 1 aromatic carbocycles. The summed E-state index contributed by atoms with van der Waals surface area (Å²) in [6.45, 7) is 6.65. The lowest BCUT2D eigenvalue weighted by Gasteiger charge is -2.27. The van der Waals surface area contributed by atoms with Crippen molar-refractivity contribution in [1.82, 2.24) is 9.55 Å². The van der Waals surface area contributed by atoms with E-state index >= 15 is 0 Å². The predicted octanol–water partition coefficient (Wildman–Crippen LogP) is 2.68. The molecule has 1 saturated heterocycles. The van der Waals surface area contributed by atoms with Crippen LogP contribution in [0.2, 0.25) is 0 Å². The fourth-order valence-electron chi connectivity index (χ4n) is 4.15. The fraction of sp³-hybridized carbons (Fsp3) is 0.500. The zero-order valence-electron chi connectivity index (χ0n) is 20.2. The Balaban J connectivity index is 1.96. The molecule has 3 rings (SSSR count). The minimum absolute atomic E-state index is 0.0195. The number of carbonyl (C=O) groups excluding carboxylic acids is 2. The van der Waals surface area contributed by atoms with Crippen LogP contribution in [0.15, 0.2) is 38.8 Å². The van der Waals surface area contributed by atoms with Gasteiger partial charge in [-0.05, 0) is 36.8 Å². The molecule has 0 saturated carbocycles. The van der Waals surface area contributed by atoms with Gasteiger partial charge in [0.15, 0.2) is 5.69 Å². The Kier molecular flexibility index (Phi) is 8.24. The summed E-state index contributed by atoms with van der Waals surface area (Å²) in [5.41, 5.74) is 5.72. The Morgan fingerprint density at radius 3 is 2.68 bits per heavy atom. The number of hydrogen-bond donors (Lipinski definition) is 2. The van der Waals surface area contributed by atoms with E-state index < -0.39 is 17.2 Å². The number of carbonyl (C=O) groups is 2. The third-order valence-electron chi connectivity index (χ3n) is 5.87. The van der Waals surface area contributed by atoms with E-state index in [2.05, 4.69) is 4.98 Å². The van der Waals surface area contributed by atoms with Gasteiger partial charge in [-0.25, -0.2) is 4.79 Å². The second kappa shape index (κ2) is 10.9. The number of anilines is 3. The number of aromatic nitrogens is 2. The molecule has 2 aromatic rings. The Hall–Kier alpha value is -3.01. The van der Waals surface area contributed by atoms with Crippen LogP contribution >= 0.6 is 11.8 Å². The minimum Gasteiger partial charge on any atom is -0.383 e. The van der Waals surface area contributed by atoms with Gasteiger partial charge in [-0.3, -0.25) is 23.9 Å². The molecule has 10 heteroatoms. The molecule has 184 valence electrons. The molecule has 0 bridgehead atoms. The number of nitrogen functional groups attached to an aromatic ring is 1. The standard InChI is InChI=1S/C24H33N5O4S/c1-5-6-10-27(20-21(25)29(13-15(2)3)24(33)26-22(20)31)23(32)16-11-19(30)28(14-16)17-8-7-9-18(12-17)34-4/h7-9,12,15-16H,5-6,10-11,13-14,25H2,1-4H3,(H,26,31,33). The highest BCUT2D eigenvalue weighted by Crippen LogP contribution is 2.30. The number of nitrogens with zero attached hydrogens (tertiary/aromatic N) is 3. The molecular formula is C24H33N5O4S. The molecule has 1 aromatic heterocycles. The van der Waals surface area contributed by atoms with Crippen molar-refractivity contribution in [3.8, 4) is 0 Å². The summed E-state index contributed by atoms with van der Waals surface area (Å²) < 4.78 is 1.30. The number of aromatic amines is 1. The van der Waals surface area contributed by atoms with Crippen LogP contribution in [0.4, 0.5) is 17.2 Å². The third-order valence-corrected chi connectivity index (χ3v) is 6.60. The molecule has 1 aliphatic rings. The molecule has 1 aliphatic heterocycles. The zero-order chi connectivity index (χ0) is 25.0. The largest absolute Gasteiger partial charge is 0.383 e. The van der Waals surface area contributed by atoms with Gasteiger partial charge in [-0.1, -0.05) is 33.3 Å². The molecule has 1 atom stereocenters. The number of amides is 2. The monoisotopic (exact) mass is 487 g/mol. The number of benzene rings is 1. The lowest BCUT2D eigenvalue weighted by atomic mass is 10.1. The lowest BCUT2D eigenvalue weighted by Crippen LogP contribution is -2.44. The number of unbranched alkanes of at least 4 members (excludes halogenated alkanes) is 1. The number of thioether (sulfide) groups is 1. The van der Waals surface area contributed by atoms with E-state index in [-0.39, 0.29) is 48.7 Å². The van der Waals surface area contributed by atoms with Crippen molar-refractivity contribution in [2.75, 3.05) is 34.9 Å². The van der Waals surface area contributed by atoms with Gasteiger partial charge in [0.2, 0.25) is 11.8 Å². The van der Waals surface area contributed by atoms with Gasteiger partial charge in [-0.2, -0.15) is 0 Å². The summed E-state index contributed by atoms with van der Waals surface area (Å²) in [5, 5.41) is 0. The van der Waals surface area contributed by atoms with Crippen molar-refractivity contribution in [3.63, 3.8) is 0 Å². The quantitative estimate of drug-likeness (QED) is 0.525. The highest BCUT2D eigenvalue weighted by Gasteiger charge is 2.39. The summed E-state index contributed by atoms with van der Waals surface area (Å²) in [6.07, 6.45) is 3.45. The average Bonchev–Trinajstić information content (AvgIpc) is 3.19. The Morgan fingerprint density at radius 2 is 2.03 bits per heavy atom. The highest BCUT2D eigenvalue weighted by molar-refractivity contribution is 7.98. The van der Waals surface area contributed by atoms with Crippen LogP contribution in [0.1, 0.15) is 40.0 Å². The number of hydrogen-bond acceptors (Lipinski definition) is 6. The van der Waals surface area contributed by atoms with Crippen molar-refractivity contribution >= 4 is 40.8 Å². The molecule has 2 heterocycles. The van der Waals surface area contributed by atoms with Crippen LogP contribution in [-0.4, -0.2) is 40.7 Å². The van der Waals surface area contributed by atoms with Crippen LogP contribution in [-0.2, 0) is 16.1 Å². The molecule has 1 fully saturated rings.